The molecule has 0 aromatic heterocycles. The van der Waals surface area contributed by atoms with Crippen molar-refractivity contribution in [3.05, 3.63) is 37.1 Å². The van der Waals surface area contributed by atoms with Gasteiger partial charge in [-0.2, -0.15) is 0 Å². The van der Waals surface area contributed by atoms with E-state index in [-0.39, 0.29) is 6.04 Å². The number of hydrogen-bond acceptors (Lipinski definition) is 2. The largest absolute Gasteiger partial charge is 0.500 e. The molecule has 0 saturated heterocycles. The Labute approximate surface area is 68.0 Å². The Hall–Kier alpha value is -1.02. The Bertz CT molecular complexity index is 172. The average molecular weight is 153 g/mol. The molecule has 0 aromatic rings. The summed E-state index contributed by atoms with van der Waals surface area (Å²) in [6.45, 7) is 10.9. The SMILES string of the molecule is C=CC(=C)CC(N)C(=C)OC. The highest BCUT2D eigenvalue weighted by molar-refractivity contribution is 5.15. The van der Waals surface area contributed by atoms with Crippen molar-refractivity contribution >= 4 is 0 Å². The standard InChI is InChI=1S/C9H15NO/c1-5-7(2)6-9(10)8(3)11-4/h5,9H,1-3,6,10H2,4H3. The van der Waals surface area contributed by atoms with Crippen LogP contribution in [0.4, 0.5) is 0 Å². The molecule has 2 nitrogen and oxygen atoms in total. The highest BCUT2D eigenvalue weighted by Gasteiger charge is 2.06. The third-order valence-electron chi connectivity index (χ3n) is 1.45. The van der Waals surface area contributed by atoms with E-state index in [2.05, 4.69) is 19.7 Å². The Morgan fingerprint density at radius 2 is 2.18 bits per heavy atom. The predicted molar refractivity (Wildman–Crippen MR) is 48.1 cm³/mol. The molecule has 2 heteroatoms. The lowest BCUT2D eigenvalue weighted by molar-refractivity contribution is 0.266. The van der Waals surface area contributed by atoms with Crippen LogP contribution in [0.2, 0.25) is 0 Å². The quantitative estimate of drug-likeness (QED) is 0.481. The fraction of sp³-hybridized carbons (Fsp3) is 0.333. The van der Waals surface area contributed by atoms with E-state index in [9.17, 15) is 0 Å². The zero-order valence-corrected chi connectivity index (χ0v) is 6.97. The van der Waals surface area contributed by atoms with Crippen LogP contribution in [0.5, 0.6) is 0 Å². The van der Waals surface area contributed by atoms with Crippen molar-refractivity contribution in [1.29, 1.82) is 0 Å². The Balaban J connectivity index is 3.86. The van der Waals surface area contributed by atoms with Crippen LogP contribution in [0.3, 0.4) is 0 Å². The fourth-order valence-corrected chi connectivity index (χ4v) is 0.631. The maximum atomic E-state index is 5.67. The number of methoxy groups -OCH3 is 1. The van der Waals surface area contributed by atoms with Crippen LogP contribution in [0.25, 0.3) is 0 Å². The fourth-order valence-electron chi connectivity index (χ4n) is 0.631. The topological polar surface area (TPSA) is 35.2 Å². The van der Waals surface area contributed by atoms with E-state index in [1.54, 1.807) is 13.2 Å². The maximum absolute atomic E-state index is 5.67. The van der Waals surface area contributed by atoms with Gasteiger partial charge in [-0.05, 0) is 6.42 Å². The first kappa shape index (κ1) is 9.98. The van der Waals surface area contributed by atoms with Crippen LogP contribution in [0, 0.1) is 0 Å². The molecule has 0 spiro atoms. The first-order chi connectivity index (χ1) is 5.11. The number of allylic oxidation sites excluding steroid dienone is 1. The van der Waals surface area contributed by atoms with E-state index in [0.717, 1.165) is 5.57 Å². The highest BCUT2D eigenvalue weighted by atomic mass is 16.5. The second kappa shape index (κ2) is 4.74. The molecule has 1 unspecified atom stereocenters. The molecule has 0 amide bonds. The molecule has 11 heavy (non-hydrogen) atoms. The minimum Gasteiger partial charge on any atom is -0.500 e. The summed E-state index contributed by atoms with van der Waals surface area (Å²) >= 11 is 0. The van der Waals surface area contributed by atoms with Gasteiger partial charge in [-0.25, -0.2) is 0 Å². The smallest absolute Gasteiger partial charge is 0.105 e. The highest BCUT2D eigenvalue weighted by Crippen LogP contribution is 2.08. The average Bonchev–Trinajstić information content (AvgIpc) is 2.02. The van der Waals surface area contributed by atoms with Crippen LogP contribution in [0.1, 0.15) is 6.42 Å². The monoisotopic (exact) mass is 153 g/mol. The zero-order valence-electron chi connectivity index (χ0n) is 6.97. The van der Waals surface area contributed by atoms with E-state index < -0.39 is 0 Å². The molecule has 1 atom stereocenters. The molecular weight excluding hydrogens is 138 g/mol. The first-order valence-electron chi connectivity index (χ1n) is 3.40. The lowest BCUT2D eigenvalue weighted by atomic mass is 10.1. The van der Waals surface area contributed by atoms with Crippen molar-refractivity contribution in [3.8, 4) is 0 Å². The second-order valence-corrected chi connectivity index (χ2v) is 2.34. The molecule has 0 aliphatic heterocycles. The van der Waals surface area contributed by atoms with Gasteiger partial charge >= 0.3 is 0 Å². The summed E-state index contributed by atoms with van der Waals surface area (Å²) in [4.78, 5) is 0. The summed E-state index contributed by atoms with van der Waals surface area (Å²) in [5.74, 6) is 0.577. The molecule has 0 saturated carbocycles. The van der Waals surface area contributed by atoms with Gasteiger partial charge in [-0.3, -0.25) is 0 Å². The van der Waals surface area contributed by atoms with E-state index in [1.807, 2.05) is 0 Å². The third-order valence-corrected chi connectivity index (χ3v) is 1.45. The molecule has 0 fully saturated rings. The number of hydrogen-bond donors (Lipinski definition) is 1. The molecule has 0 rings (SSSR count). The Morgan fingerprint density at radius 3 is 2.55 bits per heavy atom. The van der Waals surface area contributed by atoms with Gasteiger partial charge in [0.15, 0.2) is 0 Å². The summed E-state index contributed by atoms with van der Waals surface area (Å²) in [5.41, 5.74) is 6.57. The van der Waals surface area contributed by atoms with Crippen molar-refractivity contribution in [2.75, 3.05) is 7.11 Å². The van der Waals surface area contributed by atoms with Crippen LogP contribution in [-0.4, -0.2) is 13.2 Å². The Kier molecular flexibility index (Phi) is 4.30. The van der Waals surface area contributed by atoms with Crippen LogP contribution in [-0.2, 0) is 4.74 Å². The van der Waals surface area contributed by atoms with E-state index in [1.165, 1.54) is 0 Å². The van der Waals surface area contributed by atoms with Crippen molar-refractivity contribution in [3.63, 3.8) is 0 Å². The minimum atomic E-state index is -0.175. The predicted octanol–water partition coefficient (Wildman–Crippen LogP) is 1.61. The molecule has 0 radical (unpaired) electrons. The first-order valence-corrected chi connectivity index (χ1v) is 3.40. The van der Waals surface area contributed by atoms with Crippen LogP contribution >= 0.6 is 0 Å². The third kappa shape index (κ3) is 3.63. The van der Waals surface area contributed by atoms with E-state index in [4.69, 9.17) is 10.5 Å². The molecule has 0 bridgehead atoms. The molecular formula is C9H15NO. The van der Waals surface area contributed by atoms with Crippen molar-refractivity contribution in [1.82, 2.24) is 0 Å². The van der Waals surface area contributed by atoms with Gasteiger partial charge in [-0.1, -0.05) is 31.4 Å². The van der Waals surface area contributed by atoms with Gasteiger partial charge in [0.2, 0.25) is 0 Å². The number of nitrogens with two attached hydrogens (primary N) is 1. The van der Waals surface area contributed by atoms with Crippen LogP contribution < -0.4 is 5.73 Å². The Morgan fingerprint density at radius 1 is 1.64 bits per heavy atom. The number of rotatable bonds is 5. The normalized spacial score (nSPS) is 11.8. The van der Waals surface area contributed by atoms with Gasteiger partial charge in [0, 0.05) is 0 Å². The van der Waals surface area contributed by atoms with Gasteiger partial charge in [0.1, 0.15) is 5.76 Å². The summed E-state index contributed by atoms with van der Waals surface area (Å²) in [5, 5.41) is 0. The molecule has 62 valence electrons. The van der Waals surface area contributed by atoms with Crippen molar-refractivity contribution in [2.45, 2.75) is 12.5 Å². The van der Waals surface area contributed by atoms with Gasteiger partial charge < -0.3 is 10.5 Å². The molecule has 0 heterocycles. The van der Waals surface area contributed by atoms with Crippen molar-refractivity contribution in [2.24, 2.45) is 5.73 Å². The second-order valence-electron chi connectivity index (χ2n) is 2.34. The lowest BCUT2D eigenvalue weighted by Crippen LogP contribution is -2.23. The summed E-state index contributed by atoms with van der Waals surface area (Å²) in [7, 11) is 1.55. The molecule has 0 aromatic carbocycles. The maximum Gasteiger partial charge on any atom is 0.105 e. The summed E-state index contributed by atoms with van der Waals surface area (Å²) in [6.07, 6.45) is 2.33. The van der Waals surface area contributed by atoms with Crippen molar-refractivity contribution < 1.29 is 4.74 Å². The zero-order chi connectivity index (χ0) is 8.85. The molecule has 0 aliphatic carbocycles. The molecule has 0 aliphatic rings. The number of ether oxygens (including phenoxy) is 1. The summed E-state index contributed by atoms with van der Waals surface area (Å²) in [6, 6.07) is -0.175. The van der Waals surface area contributed by atoms with Crippen LogP contribution in [0.15, 0.2) is 37.1 Å². The summed E-state index contributed by atoms with van der Waals surface area (Å²) < 4.78 is 4.86. The van der Waals surface area contributed by atoms with E-state index in [0.29, 0.717) is 12.2 Å². The van der Waals surface area contributed by atoms with Gasteiger partial charge in [0.05, 0.1) is 13.2 Å². The van der Waals surface area contributed by atoms with Gasteiger partial charge in [-0.15, -0.1) is 0 Å². The molecule has 2 N–H and O–H groups in total. The van der Waals surface area contributed by atoms with E-state index >= 15 is 0 Å². The minimum absolute atomic E-state index is 0.175. The lowest BCUT2D eigenvalue weighted by Gasteiger charge is -2.12. The van der Waals surface area contributed by atoms with Gasteiger partial charge in [0.25, 0.3) is 0 Å².